The molecule has 3 heteroatoms. The Labute approximate surface area is 60.4 Å². The van der Waals surface area contributed by atoms with E-state index in [0.29, 0.717) is 19.3 Å². The van der Waals surface area contributed by atoms with Crippen LogP contribution in [0.4, 0.5) is 4.39 Å². The summed E-state index contributed by atoms with van der Waals surface area (Å²) in [6.45, 7) is 2.47. The van der Waals surface area contributed by atoms with Gasteiger partial charge in [0.25, 0.3) is 6.47 Å². The number of halogens is 1. The van der Waals surface area contributed by atoms with Crippen LogP contribution in [0.15, 0.2) is 0 Å². The van der Waals surface area contributed by atoms with Crippen LogP contribution in [-0.2, 0) is 9.53 Å². The topological polar surface area (TPSA) is 26.3 Å². The molecule has 0 aliphatic carbocycles. The molecule has 0 saturated heterocycles. The van der Waals surface area contributed by atoms with Gasteiger partial charge in [-0.1, -0.05) is 13.3 Å². The van der Waals surface area contributed by atoms with Crippen molar-refractivity contribution in [1.82, 2.24) is 0 Å². The van der Waals surface area contributed by atoms with E-state index >= 15 is 0 Å². The van der Waals surface area contributed by atoms with Crippen LogP contribution in [0.1, 0.15) is 26.2 Å². The molecule has 0 aromatic carbocycles. The average molecular weight is 148 g/mol. The van der Waals surface area contributed by atoms with Gasteiger partial charge in [-0.2, -0.15) is 0 Å². The van der Waals surface area contributed by atoms with Crippen molar-refractivity contribution >= 4 is 6.47 Å². The number of carbonyl (C=O) groups is 1. The van der Waals surface area contributed by atoms with Gasteiger partial charge in [-0.3, -0.25) is 4.79 Å². The molecule has 0 bridgehead atoms. The van der Waals surface area contributed by atoms with E-state index in [1.807, 2.05) is 6.92 Å². The lowest BCUT2D eigenvalue weighted by molar-refractivity contribution is -0.129. The molecule has 0 aromatic rings. The van der Waals surface area contributed by atoms with Crippen molar-refractivity contribution in [2.45, 2.75) is 32.4 Å². The molecule has 0 aliphatic heterocycles. The molecule has 60 valence electrons. The zero-order valence-corrected chi connectivity index (χ0v) is 6.18. The minimum Gasteiger partial charge on any atom is -0.468 e. The highest BCUT2D eigenvalue weighted by Gasteiger charge is 2.03. The fourth-order valence-electron chi connectivity index (χ4n) is 0.702. The van der Waals surface area contributed by atoms with Crippen LogP contribution in [0.5, 0.6) is 0 Å². The lowest BCUT2D eigenvalue weighted by Crippen LogP contribution is -2.04. The van der Waals surface area contributed by atoms with Crippen molar-refractivity contribution in [1.29, 1.82) is 0 Å². The van der Waals surface area contributed by atoms with Crippen LogP contribution >= 0.6 is 0 Å². The van der Waals surface area contributed by atoms with Gasteiger partial charge in [0.1, 0.15) is 6.17 Å². The quantitative estimate of drug-likeness (QED) is 0.423. The van der Waals surface area contributed by atoms with Gasteiger partial charge in [0.05, 0.1) is 6.61 Å². The summed E-state index contributed by atoms with van der Waals surface area (Å²) in [5, 5.41) is 0. The molecule has 1 unspecified atom stereocenters. The number of hydrogen-bond acceptors (Lipinski definition) is 2. The van der Waals surface area contributed by atoms with Gasteiger partial charge in [-0.15, -0.1) is 0 Å². The van der Waals surface area contributed by atoms with Gasteiger partial charge in [-0.05, 0) is 6.42 Å². The van der Waals surface area contributed by atoms with Gasteiger partial charge < -0.3 is 4.74 Å². The predicted octanol–water partition coefficient (Wildman–Crippen LogP) is 1.69. The molecule has 0 radical (unpaired) electrons. The first-order valence-electron chi connectivity index (χ1n) is 3.50. The van der Waals surface area contributed by atoms with Crippen LogP contribution in [0.2, 0.25) is 0 Å². The predicted molar refractivity (Wildman–Crippen MR) is 36.4 cm³/mol. The number of rotatable bonds is 6. The molecule has 0 spiro atoms. The summed E-state index contributed by atoms with van der Waals surface area (Å²) in [6, 6.07) is 0. The molecule has 0 fully saturated rings. The van der Waals surface area contributed by atoms with E-state index in [1.54, 1.807) is 0 Å². The van der Waals surface area contributed by atoms with E-state index < -0.39 is 6.17 Å². The molecule has 0 heterocycles. The van der Waals surface area contributed by atoms with E-state index in [2.05, 4.69) is 4.74 Å². The van der Waals surface area contributed by atoms with E-state index in [0.717, 1.165) is 6.42 Å². The van der Waals surface area contributed by atoms with Crippen LogP contribution < -0.4 is 0 Å². The third-order valence-electron chi connectivity index (χ3n) is 1.22. The molecule has 1 atom stereocenters. The van der Waals surface area contributed by atoms with Crippen molar-refractivity contribution in [2.24, 2.45) is 0 Å². The summed E-state index contributed by atoms with van der Waals surface area (Å²) in [4.78, 5) is 9.60. The maximum Gasteiger partial charge on any atom is 0.293 e. The maximum atomic E-state index is 12.5. The number of alkyl halides is 1. The van der Waals surface area contributed by atoms with Crippen molar-refractivity contribution < 1.29 is 13.9 Å². The molecule has 0 N–H and O–H groups in total. The Kier molecular flexibility index (Phi) is 6.13. The molecule has 0 amide bonds. The normalized spacial score (nSPS) is 12.6. The van der Waals surface area contributed by atoms with E-state index in [4.69, 9.17) is 0 Å². The minimum absolute atomic E-state index is 0.199. The third kappa shape index (κ3) is 5.54. The highest BCUT2D eigenvalue weighted by Crippen LogP contribution is 2.05. The lowest BCUT2D eigenvalue weighted by atomic mass is 10.2. The van der Waals surface area contributed by atoms with Gasteiger partial charge >= 0.3 is 0 Å². The Morgan fingerprint density at radius 2 is 2.30 bits per heavy atom. The van der Waals surface area contributed by atoms with Gasteiger partial charge in [0.2, 0.25) is 0 Å². The first-order valence-corrected chi connectivity index (χ1v) is 3.50. The summed E-state index contributed by atoms with van der Waals surface area (Å²) in [5.74, 6) is 0. The highest BCUT2D eigenvalue weighted by atomic mass is 19.1. The molecule has 2 nitrogen and oxygen atoms in total. The van der Waals surface area contributed by atoms with Crippen molar-refractivity contribution in [3.05, 3.63) is 0 Å². The van der Waals surface area contributed by atoms with Gasteiger partial charge in [0, 0.05) is 6.42 Å². The first kappa shape index (κ1) is 9.40. The highest BCUT2D eigenvalue weighted by molar-refractivity contribution is 5.36. The van der Waals surface area contributed by atoms with E-state index in [1.165, 1.54) is 0 Å². The fourth-order valence-corrected chi connectivity index (χ4v) is 0.702. The fraction of sp³-hybridized carbons (Fsp3) is 0.857. The Morgan fingerprint density at radius 3 is 2.80 bits per heavy atom. The van der Waals surface area contributed by atoms with Gasteiger partial charge in [-0.25, -0.2) is 4.39 Å². The van der Waals surface area contributed by atoms with Crippen molar-refractivity contribution in [2.75, 3.05) is 6.61 Å². The van der Waals surface area contributed by atoms with E-state index in [9.17, 15) is 9.18 Å². The molecule has 0 aromatic heterocycles. The number of ether oxygens (including phenoxy) is 1. The molecule has 0 saturated carbocycles. The van der Waals surface area contributed by atoms with Crippen LogP contribution in [0, 0.1) is 0 Å². The Morgan fingerprint density at radius 1 is 1.60 bits per heavy atom. The summed E-state index contributed by atoms with van der Waals surface area (Å²) in [6.07, 6.45) is 0.904. The lowest BCUT2D eigenvalue weighted by Gasteiger charge is -2.03. The summed E-state index contributed by atoms with van der Waals surface area (Å²) < 4.78 is 16.9. The zero-order valence-electron chi connectivity index (χ0n) is 6.18. The average Bonchev–Trinajstić information content (AvgIpc) is 1.89. The second kappa shape index (κ2) is 6.52. The summed E-state index contributed by atoms with van der Waals surface area (Å²) in [7, 11) is 0. The molecule has 10 heavy (non-hydrogen) atoms. The van der Waals surface area contributed by atoms with Crippen molar-refractivity contribution in [3.8, 4) is 0 Å². The van der Waals surface area contributed by atoms with Crippen LogP contribution in [0.25, 0.3) is 0 Å². The smallest absolute Gasteiger partial charge is 0.293 e. The number of hydrogen-bond donors (Lipinski definition) is 0. The van der Waals surface area contributed by atoms with Crippen LogP contribution in [-0.4, -0.2) is 19.3 Å². The number of carbonyl (C=O) groups excluding carboxylic acids is 1. The Hall–Kier alpha value is -0.600. The second-order valence-electron chi connectivity index (χ2n) is 2.14. The van der Waals surface area contributed by atoms with Crippen molar-refractivity contribution in [3.63, 3.8) is 0 Å². The first-order chi connectivity index (χ1) is 4.81. The molecular weight excluding hydrogens is 135 g/mol. The van der Waals surface area contributed by atoms with Crippen LogP contribution in [0.3, 0.4) is 0 Å². The largest absolute Gasteiger partial charge is 0.468 e. The standard InChI is InChI=1S/C7H13FO2/c1-2-3-7(8)4-5-10-6-9/h6-7H,2-5H2,1H3. The second-order valence-corrected chi connectivity index (χ2v) is 2.14. The molecule has 0 rings (SSSR count). The van der Waals surface area contributed by atoms with Gasteiger partial charge in [0.15, 0.2) is 0 Å². The summed E-state index contributed by atoms with van der Waals surface area (Å²) >= 11 is 0. The Bertz CT molecular complexity index is 85.7. The minimum atomic E-state index is -0.815. The third-order valence-corrected chi connectivity index (χ3v) is 1.22. The molecular formula is C7H13FO2. The maximum absolute atomic E-state index is 12.5. The summed E-state index contributed by atoms with van der Waals surface area (Å²) in [5.41, 5.74) is 0. The monoisotopic (exact) mass is 148 g/mol. The Balaban J connectivity index is 3.04. The molecule has 0 aliphatic rings. The zero-order chi connectivity index (χ0) is 7.82. The SMILES string of the molecule is CCCC(F)CCOC=O. The van der Waals surface area contributed by atoms with E-state index in [-0.39, 0.29) is 6.61 Å².